The minimum absolute atomic E-state index is 0.107. The lowest BCUT2D eigenvalue weighted by molar-refractivity contribution is -0.132. The van der Waals surface area contributed by atoms with Crippen molar-refractivity contribution in [3.05, 3.63) is 35.1 Å². The van der Waals surface area contributed by atoms with E-state index in [2.05, 4.69) is 15.3 Å². The highest BCUT2D eigenvalue weighted by molar-refractivity contribution is 6.12. The van der Waals surface area contributed by atoms with Gasteiger partial charge < -0.3 is 10.4 Å². The summed E-state index contributed by atoms with van der Waals surface area (Å²) in [4.78, 5) is 31.8. The van der Waals surface area contributed by atoms with Crippen LogP contribution in [0.3, 0.4) is 0 Å². The molecule has 4 rings (SSSR count). The van der Waals surface area contributed by atoms with E-state index >= 15 is 0 Å². The average Bonchev–Trinajstić information content (AvgIpc) is 2.98. The van der Waals surface area contributed by atoms with Gasteiger partial charge in [0.1, 0.15) is 5.84 Å². The number of dihydropyridines is 2. The monoisotopic (exact) mass is 283 g/mol. The largest absolute Gasteiger partial charge is 0.478 e. The van der Waals surface area contributed by atoms with Crippen LogP contribution in [0.5, 0.6) is 0 Å². The van der Waals surface area contributed by atoms with Crippen molar-refractivity contribution in [2.75, 3.05) is 6.54 Å². The molecule has 0 bridgehead atoms. The van der Waals surface area contributed by atoms with Crippen molar-refractivity contribution in [3.8, 4) is 0 Å². The number of amidine groups is 1. The molecule has 3 heterocycles. The Morgan fingerprint density at radius 3 is 3.10 bits per heavy atom. The Balaban J connectivity index is 1.70. The van der Waals surface area contributed by atoms with E-state index in [1.54, 1.807) is 12.3 Å². The summed E-state index contributed by atoms with van der Waals surface area (Å²) >= 11 is 0. The predicted molar refractivity (Wildman–Crippen MR) is 76.0 cm³/mol. The summed E-state index contributed by atoms with van der Waals surface area (Å²) in [5.41, 5.74) is 1.58. The maximum absolute atomic E-state index is 12.4. The third kappa shape index (κ3) is 1.59. The number of carbonyl (C=O) groups excluding carboxylic acids is 1. The van der Waals surface area contributed by atoms with Crippen molar-refractivity contribution in [1.29, 1.82) is 0 Å². The number of amides is 1. The van der Waals surface area contributed by atoms with Gasteiger partial charge in [0.05, 0.1) is 16.9 Å². The summed E-state index contributed by atoms with van der Waals surface area (Å²) in [5, 5.41) is 12.2. The normalized spacial score (nSPS) is 32.8. The summed E-state index contributed by atoms with van der Waals surface area (Å²) < 4.78 is 0. The van der Waals surface area contributed by atoms with Crippen LogP contribution in [-0.4, -0.2) is 35.6 Å². The van der Waals surface area contributed by atoms with Crippen molar-refractivity contribution >= 4 is 23.9 Å². The fourth-order valence-corrected chi connectivity index (χ4v) is 3.55. The Morgan fingerprint density at radius 2 is 2.29 bits per heavy atom. The topological polar surface area (TPSA) is 91.1 Å². The van der Waals surface area contributed by atoms with E-state index in [4.69, 9.17) is 5.11 Å². The number of aliphatic carboxylic acids is 1. The molecule has 0 saturated heterocycles. The molecule has 1 aliphatic carbocycles. The van der Waals surface area contributed by atoms with Gasteiger partial charge in [0.25, 0.3) is 5.91 Å². The molecule has 106 valence electrons. The number of carboxylic acids is 1. The molecule has 4 aliphatic rings. The van der Waals surface area contributed by atoms with E-state index in [9.17, 15) is 9.59 Å². The van der Waals surface area contributed by atoms with Crippen molar-refractivity contribution in [2.45, 2.75) is 12.8 Å². The maximum Gasteiger partial charge on any atom is 0.333 e. The summed E-state index contributed by atoms with van der Waals surface area (Å²) in [5.74, 6) is -0.603. The molecule has 1 amide bonds. The minimum Gasteiger partial charge on any atom is -0.478 e. The van der Waals surface area contributed by atoms with Crippen LogP contribution in [0.25, 0.3) is 0 Å². The first-order chi connectivity index (χ1) is 10.1. The summed E-state index contributed by atoms with van der Waals surface area (Å²) in [6.45, 7) is 0.296. The fourth-order valence-electron chi connectivity index (χ4n) is 3.55. The number of aliphatic imine (C=N–C) groups is 2. The van der Waals surface area contributed by atoms with Crippen LogP contribution in [0.2, 0.25) is 0 Å². The zero-order chi connectivity index (χ0) is 14.6. The zero-order valence-electron chi connectivity index (χ0n) is 11.2. The molecule has 0 aromatic rings. The van der Waals surface area contributed by atoms with Gasteiger partial charge in [0, 0.05) is 24.9 Å². The molecular formula is C15H13N3O3. The van der Waals surface area contributed by atoms with Gasteiger partial charge >= 0.3 is 5.97 Å². The van der Waals surface area contributed by atoms with Crippen molar-refractivity contribution in [1.82, 2.24) is 5.32 Å². The number of hydrogen-bond acceptors (Lipinski definition) is 4. The Kier molecular flexibility index (Phi) is 2.34. The minimum atomic E-state index is -0.924. The molecule has 6 heteroatoms. The van der Waals surface area contributed by atoms with E-state index in [0.29, 0.717) is 30.8 Å². The quantitative estimate of drug-likeness (QED) is 0.745. The molecule has 2 unspecified atom stereocenters. The first kappa shape index (κ1) is 12.3. The van der Waals surface area contributed by atoms with Gasteiger partial charge in [-0.05, 0) is 24.1 Å². The predicted octanol–water partition coefficient (Wildman–Crippen LogP) is 0.830. The standard InChI is InChI=1S/C15H13N3O3/c19-13(20)9-4-8-5-15(6-11(8)17-7-9)10-2-1-3-16-12(10)18-14(15)21/h1-4,10,17H,5-7H2,(H,19,20). The number of hydrogen-bond donors (Lipinski definition) is 2. The number of allylic oxidation sites excluding steroid dienone is 4. The third-order valence-electron chi connectivity index (χ3n) is 4.61. The second kappa shape index (κ2) is 4.00. The number of carbonyl (C=O) groups is 2. The number of rotatable bonds is 1. The van der Waals surface area contributed by atoms with Crippen LogP contribution in [0.4, 0.5) is 0 Å². The van der Waals surface area contributed by atoms with Crippen LogP contribution in [0.1, 0.15) is 12.8 Å². The van der Waals surface area contributed by atoms with E-state index in [-0.39, 0.29) is 11.8 Å². The summed E-state index contributed by atoms with van der Waals surface area (Å²) in [6, 6.07) is 0. The van der Waals surface area contributed by atoms with Crippen LogP contribution >= 0.6 is 0 Å². The van der Waals surface area contributed by atoms with E-state index in [0.717, 1.165) is 11.3 Å². The highest BCUT2D eigenvalue weighted by atomic mass is 16.4. The summed E-state index contributed by atoms with van der Waals surface area (Å²) in [7, 11) is 0. The third-order valence-corrected chi connectivity index (χ3v) is 4.61. The lowest BCUT2D eigenvalue weighted by atomic mass is 9.72. The number of nitrogens with one attached hydrogen (secondary N) is 1. The molecule has 1 spiro atoms. The number of fused-ring (bicyclic) bond motifs is 2. The number of nitrogens with zero attached hydrogens (tertiary/aromatic N) is 2. The smallest absolute Gasteiger partial charge is 0.333 e. The molecular weight excluding hydrogens is 270 g/mol. The SMILES string of the molecule is O=C(O)C1=CC2=C(CC3(C2)C(=O)N=C2N=CC=CC23)NC1. The van der Waals surface area contributed by atoms with E-state index in [1.807, 2.05) is 12.2 Å². The van der Waals surface area contributed by atoms with Crippen LogP contribution < -0.4 is 5.32 Å². The Hall–Kier alpha value is -2.50. The maximum atomic E-state index is 12.4. The molecule has 0 fully saturated rings. The Morgan fingerprint density at radius 1 is 1.43 bits per heavy atom. The van der Waals surface area contributed by atoms with E-state index < -0.39 is 11.4 Å². The summed E-state index contributed by atoms with van der Waals surface area (Å²) in [6.07, 6.45) is 8.24. The molecule has 2 N–H and O–H groups in total. The van der Waals surface area contributed by atoms with Crippen molar-refractivity contribution in [3.63, 3.8) is 0 Å². The molecule has 3 aliphatic heterocycles. The average molecular weight is 283 g/mol. The highest BCUT2D eigenvalue weighted by Crippen LogP contribution is 2.53. The highest BCUT2D eigenvalue weighted by Gasteiger charge is 2.55. The van der Waals surface area contributed by atoms with Crippen LogP contribution in [0.15, 0.2) is 45.1 Å². The molecule has 2 atom stereocenters. The lowest BCUT2D eigenvalue weighted by Gasteiger charge is -2.27. The van der Waals surface area contributed by atoms with Gasteiger partial charge in [-0.1, -0.05) is 6.08 Å². The Bertz CT molecular complexity index is 726. The van der Waals surface area contributed by atoms with Crippen molar-refractivity contribution < 1.29 is 14.7 Å². The van der Waals surface area contributed by atoms with Crippen LogP contribution in [0, 0.1) is 11.3 Å². The lowest BCUT2D eigenvalue weighted by Crippen LogP contribution is -2.34. The Labute approximate surface area is 120 Å². The van der Waals surface area contributed by atoms with Gasteiger partial charge in [-0.25, -0.2) is 9.79 Å². The number of carboxylic acid groups (broad SMARTS) is 1. The zero-order valence-corrected chi connectivity index (χ0v) is 11.2. The molecule has 0 radical (unpaired) electrons. The van der Waals surface area contributed by atoms with Gasteiger partial charge in [-0.3, -0.25) is 4.79 Å². The van der Waals surface area contributed by atoms with Gasteiger partial charge in [0.2, 0.25) is 0 Å². The molecule has 0 saturated carbocycles. The molecule has 6 nitrogen and oxygen atoms in total. The molecule has 0 aromatic heterocycles. The van der Waals surface area contributed by atoms with Gasteiger partial charge in [-0.2, -0.15) is 4.99 Å². The second-order valence-electron chi connectivity index (χ2n) is 5.76. The molecule has 0 aromatic carbocycles. The first-order valence-corrected chi connectivity index (χ1v) is 6.84. The molecule has 21 heavy (non-hydrogen) atoms. The van der Waals surface area contributed by atoms with Gasteiger partial charge in [0.15, 0.2) is 0 Å². The fraction of sp³-hybridized carbons (Fsp3) is 0.333. The van der Waals surface area contributed by atoms with E-state index in [1.165, 1.54) is 0 Å². The first-order valence-electron chi connectivity index (χ1n) is 6.84. The van der Waals surface area contributed by atoms with Crippen LogP contribution in [-0.2, 0) is 9.59 Å². The van der Waals surface area contributed by atoms with Gasteiger partial charge in [-0.15, -0.1) is 0 Å². The van der Waals surface area contributed by atoms with Crippen molar-refractivity contribution in [2.24, 2.45) is 21.3 Å². The second-order valence-corrected chi connectivity index (χ2v) is 5.76.